The molecule has 0 spiro atoms. The highest BCUT2D eigenvalue weighted by Crippen LogP contribution is 2.23. The Hall–Kier alpha value is -1.09. The minimum absolute atomic E-state index is 0.148. The van der Waals surface area contributed by atoms with Crippen LogP contribution in [0, 0.1) is 0 Å². The molecule has 78 valence electrons. The van der Waals surface area contributed by atoms with Crippen LogP contribution < -0.4 is 10.5 Å². The van der Waals surface area contributed by atoms with E-state index in [-0.39, 0.29) is 5.60 Å². The van der Waals surface area contributed by atoms with E-state index in [1.54, 1.807) is 12.4 Å². The number of rotatable bonds is 4. The van der Waals surface area contributed by atoms with Crippen molar-refractivity contribution in [1.29, 1.82) is 0 Å². The summed E-state index contributed by atoms with van der Waals surface area (Å²) < 4.78 is 5.85. The average molecular weight is 194 g/mol. The van der Waals surface area contributed by atoms with E-state index in [0.29, 0.717) is 6.54 Å². The van der Waals surface area contributed by atoms with Crippen LogP contribution in [-0.4, -0.2) is 10.6 Å². The van der Waals surface area contributed by atoms with Crippen molar-refractivity contribution in [1.82, 2.24) is 4.98 Å². The van der Waals surface area contributed by atoms with Gasteiger partial charge in [0.05, 0.1) is 0 Å². The van der Waals surface area contributed by atoms with E-state index in [2.05, 4.69) is 25.8 Å². The van der Waals surface area contributed by atoms with Crippen LogP contribution in [0.2, 0.25) is 0 Å². The fourth-order valence-electron chi connectivity index (χ4n) is 1.04. The molecule has 0 unspecified atom stereocenters. The molecule has 1 rings (SSSR count). The molecule has 14 heavy (non-hydrogen) atoms. The first-order valence-corrected chi connectivity index (χ1v) is 4.91. The lowest BCUT2D eigenvalue weighted by Crippen LogP contribution is -2.27. The summed E-state index contributed by atoms with van der Waals surface area (Å²) >= 11 is 0. The molecule has 0 saturated carbocycles. The van der Waals surface area contributed by atoms with Crippen LogP contribution in [0.25, 0.3) is 0 Å². The van der Waals surface area contributed by atoms with Gasteiger partial charge in [0.15, 0.2) is 0 Å². The smallest absolute Gasteiger partial charge is 0.127 e. The van der Waals surface area contributed by atoms with Crippen molar-refractivity contribution in [2.45, 2.75) is 39.3 Å². The SMILES string of the molecule is CCC(C)(C)Oc1ccncc1CN. The molecule has 0 aromatic carbocycles. The average Bonchev–Trinajstić information content (AvgIpc) is 2.18. The summed E-state index contributed by atoms with van der Waals surface area (Å²) in [6.07, 6.45) is 4.43. The van der Waals surface area contributed by atoms with Crippen molar-refractivity contribution < 1.29 is 4.74 Å². The van der Waals surface area contributed by atoms with E-state index < -0.39 is 0 Å². The zero-order valence-corrected chi connectivity index (χ0v) is 9.08. The second-order valence-corrected chi connectivity index (χ2v) is 3.90. The van der Waals surface area contributed by atoms with Gasteiger partial charge < -0.3 is 10.5 Å². The number of hydrogen-bond donors (Lipinski definition) is 1. The van der Waals surface area contributed by atoms with Gasteiger partial charge in [-0.05, 0) is 26.3 Å². The van der Waals surface area contributed by atoms with Gasteiger partial charge in [0, 0.05) is 24.5 Å². The Morgan fingerprint density at radius 1 is 1.50 bits per heavy atom. The van der Waals surface area contributed by atoms with Crippen LogP contribution >= 0.6 is 0 Å². The molecule has 0 amide bonds. The molecule has 0 saturated heterocycles. The summed E-state index contributed by atoms with van der Waals surface area (Å²) in [5.74, 6) is 0.842. The molecule has 0 bridgehead atoms. The molecule has 0 radical (unpaired) electrons. The highest BCUT2D eigenvalue weighted by Gasteiger charge is 2.17. The molecule has 0 atom stereocenters. The Morgan fingerprint density at radius 2 is 2.21 bits per heavy atom. The van der Waals surface area contributed by atoms with Gasteiger partial charge in [-0.2, -0.15) is 0 Å². The predicted octanol–water partition coefficient (Wildman–Crippen LogP) is 2.11. The Balaban J connectivity index is 2.85. The number of nitrogens with two attached hydrogens (primary N) is 1. The number of nitrogens with zero attached hydrogens (tertiary/aromatic N) is 1. The summed E-state index contributed by atoms with van der Waals surface area (Å²) in [6.45, 7) is 6.69. The minimum Gasteiger partial charge on any atom is -0.487 e. The zero-order valence-electron chi connectivity index (χ0n) is 9.08. The lowest BCUT2D eigenvalue weighted by atomic mass is 10.1. The topological polar surface area (TPSA) is 48.1 Å². The maximum absolute atomic E-state index is 5.85. The molecule has 0 aliphatic rings. The molecule has 3 heteroatoms. The van der Waals surface area contributed by atoms with Gasteiger partial charge in [0.25, 0.3) is 0 Å². The third-order valence-electron chi connectivity index (χ3n) is 2.32. The second kappa shape index (κ2) is 4.42. The van der Waals surface area contributed by atoms with E-state index in [0.717, 1.165) is 17.7 Å². The lowest BCUT2D eigenvalue weighted by molar-refractivity contribution is 0.104. The maximum atomic E-state index is 5.85. The molecule has 1 aromatic rings. The van der Waals surface area contributed by atoms with E-state index in [9.17, 15) is 0 Å². The molecule has 0 aliphatic heterocycles. The van der Waals surface area contributed by atoms with Gasteiger partial charge in [-0.1, -0.05) is 6.92 Å². The van der Waals surface area contributed by atoms with Crippen LogP contribution in [0.5, 0.6) is 5.75 Å². The fourth-order valence-corrected chi connectivity index (χ4v) is 1.04. The first-order valence-electron chi connectivity index (χ1n) is 4.91. The summed E-state index contributed by atoms with van der Waals surface area (Å²) in [7, 11) is 0. The van der Waals surface area contributed by atoms with Crippen LogP contribution in [0.3, 0.4) is 0 Å². The van der Waals surface area contributed by atoms with E-state index in [1.165, 1.54) is 0 Å². The molecule has 0 aliphatic carbocycles. The van der Waals surface area contributed by atoms with Crippen molar-refractivity contribution in [2.24, 2.45) is 5.73 Å². The van der Waals surface area contributed by atoms with Gasteiger partial charge in [-0.15, -0.1) is 0 Å². The van der Waals surface area contributed by atoms with Crippen LogP contribution in [0.1, 0.15) is 32.8 Å². The molecule has 1 aromatic heterocycles. The first kappa shape index (κ1) is 11.0. The number of ether oxygens (including phenoxy) is 1. The first-order chi connectivity index (χ1) is 6.59. The third kappa shape index (κ3) is 2.70. The van der Waals surface area contributed by atoms with Crippen molar-refractivity contribution in [3.8, 4) is 5.75 Å². The molecule has 1 heterocycles. The largest absolute Gasteiger partial charge is 0.487 e. The molecular formula is C11H18N2O. The monoisotopic (exact) mass is 194 g/mol. The quantitative estimate of drug-likeness (QED) is 0.798. The summed E-state index contributed by atoms with van der Waals surface area (Å²) in [5, 5.41) is 0. The normalized spacial score (nSPS) is 11.4. The summed E-state index contributed by atoms with van der Waals surface area (Å²) in [5.41, 5.74) is 6.40. The Morgan fingerprint density at radius 3 is 2.79 bits per heavy atom. The van der Waals surface area contributed by atoms with Crippen LogP contribution in [0.15, 0.2) is 18.5 Å². The van der Waals surface area contributed by atoms with Gasteiger partial charge >= 0.3 is 0 Å². The number of pyridine rings is 1. The van der Waals surface area contributed by atoms with E-state index in [1.807, 2.05) is 6.07 Å². The molecule has 3 nitrogen and oxygen atoms in total. The van der Waals surface area contributed by atoms with Gasteiger partial charge in [0.1, 0.15) is 11.4 Å². The fraction of sp³-hybridized carbons (Fsp3) is 0.545. The predicted molar refractivity (Wildman–Crippen MR) is 57.1 cm³/mol. The van der Waals surface area contributed by atoms with Crippen LogP contribution in [0.4, 0.5) is 0 Å². The van der Waals surface area contributed by atoms with Gasteiger partial charge in [-0.25, -0.2) is 0 Å². The molecule has 0 fully saturated rings. The highest BCUT2D eigenvalue weighted by molar-refractivity contribution is 5.30. The molecule has 2 N–H and O–H groups in total. The maximum Gasteiger partial charge on any atom is 0.127 e. The summed E-state index contributed by atoms with van der Waals surface area (Å²) in [6, 6.07) is 1.86. The van der Waals surface area contributed by atoms with E-state index in [4.69, 9.17) is 10.5 Å². The minimum atomic E-state index is -0.148. The van der Waals surface area contributed by atoms with Crippen molar-refractivity contribution in [3.63, 3.8) is 0 Å². The van der Waals surface area contributed by atoms with Crippen molar-refractivity contribution >= 4 is 0 Å². The van der Waals surface area contributed by atoms with Crippen LogP contribution in [-0.2, 0) is 6.54 Å². The number of hydrogen-bond acceptors (Lipinski definition) is 3. The van der Waals surface area contributed by atoms with Crippen molar-refractivity contribution in [3.05, 3.63) is 24.0 Å². The Kier molecular flexibility index (Phi) is 3.47. The second-order valence-electron chi connectivity index (χ2n) is 3.90. The molecular weight excluding hydrogens is 176 g/mol. The van der Waals surface area contributed by atoms with Gasteiger partial charge in [0.2, 0.25) is 0 Å². The Bertz CT molecular complexity index is 297. The summed E-state index contributed by atoms with van der Waals surface area (Å²) in [4.78, 5) is 4.01. The standard InChI is InChI=1S/C11H18N2O/c1-4-11(2,3)14-10-5-6-13-8-9(10)7-12/h5-6,8H,4,7,12H2,1-3H3. The number of aromatic nitrogens is 1. The van der Waals surface area contributed by atoms with Crippen molar-refractivity contribution in [2.75, 3.05) is 0 Å². The Labute approximate surface area is 85.3 Å². The highest BCUT2D eigenvalue weighted by atomic mass is 16.5. The van der Waals surface area contributed by atoms with Gasteiger partial charge in [-0.3, -0.25) is 4.98 Å². The van der Waals surface area contributed by atoms with E-state index >= 15 is 0 Å². The lowest BCUT2D eigenvalue weighted by Gasteiger charge is -2.25. The zero-order chi connectivity index (χ0) is 10.6. The third-order valence-corrected chi connectivity index (χ3v) is 2.32.